The standard InChI is InChI=1S/C12H20N4O3/c1-3-6-18-11-14-10(13-2)15-12(16-11)19-8-9-5-4-7-17-9/h9H,3-8H2,1-2H3,(H,13,14,15,16). The maximum Gasteiger partial charge on any atom is 0.324 e. The fraction of sp³-hybridized carbons (Fsp3) is 0.750. The number of ether oxygens (including phenoxy) is 3. The number of hydrogen-bond acceptors (Lipinski definition) is 7. The van der Waals surface area contributed by atoms with Crippen LogP contribution in [0.1, 0.15) is 26.2 Å². The molecule has 0 spiro atoms. The number of nitrogens with zero attached hydrogens (tertiary/aromatic N) is 3. The molecule has 1 aliphatic heterocycles. The lowest BCUT2D eigenvalue weighted by molar-refractivity contribution is 0.0641. The fourth-order valence-corrected chi connectivity index (χ4v) is 1.72. The van der Waals surface area contributed by atoms with Gasteiger partial charge >= 0.3 is 12.0 Å². The molecule has 1 aromatic rings. The molecule has 1 saturated heterocycles. The molecule has 1 aliphatic rings. The number of aromatic nitrogens is 3. The quantitative estimate of drug-likeness (QED) is 0.797. The Balaban J connectivity index is 1.96. The first-order chi connectivity index (χ1) is 9.31. The zero-order valence-corrected chi connectivity index (χ0v) is 11.4. The topological polar surface area (TPSA) is 78.4 Å². The van der Waals surface area contributed by atoms with Crippen LogP contribution in [-0.2, 0) is 4.74 Å². The van der Waals surface area contributed by atoms with Crippen molar-refractivity contribution in [1.82, 2.24) is 15.0 Å². The van der Waals surface area contributed by atoms with Crippen LogP contribution in [0.25, 0.3) is 0 Å². The largest absolute Gasteiger partial charge is 0.463 e. The van der Waals surface area contributed by atoms with Gasteiger partial charge < -0.3 is 19.5 Å². The highest BCUT2D eigenvalue weighted by molar-refractivity contribution is 5.26. The van der Waals surface area contributed by atoms with Crippen molar-refractivity contribution < 1.29 is 14.2 Å². The van der Waals surface area contributed by atoms with Crippen LogP contribution in [0.3, 0.4) is 0 Å². The molecule has 2 rings (SSSR count). The van der Waals surface area contributed by atoms with Crippen LogP contribution >= 0.6 is 0 Å². The van der Waals surface area contributed by atoms with Gasteiger partial charge in [-0.3, -0.25) is 0 Å². The molecule has 7 heteroatoms. The molecule has 0 saturated carbocycles. The molecule has 106 valence electrons. The summed E-state index contributed by atoms with van der Waals surface area (Å²) in [6, 6.07) is 0.546. The summed E-state index contributed by atoms with van der Waals surface area (Å²) in [5, 5.41) is 2.86. The zero-order valence-electron chi connectivity index (χ0n) is 11.4. The average molecular weight is 268 g/mol. The van der Waals surface area contributed by atoms with Crippen LogP contribution in [0.15, 0.2) is 0 Å². The lowest BCUT2D eigenvalue weighted by Crippen LogP contribution is -2.18. The fourth-order valence-electron chi connectivity index (χ4n) is 1.72. The van der Waals surface area contributed by atoms with Crippen LogP contribution in [0.4, 0.5) is 5.95 Å². The van der Waals surface area contributed by atoms with E-state index >= 15 is 0 Å². The second kappa shape index (κ2) is 7.08. The highest BCUT2D eigenvalue weighted by atomic mass is 16.5. The third kappa shape index (κ3) is 4.20. The maximum absolute atomic E-state index is 5.55. The van der Waals surface area contributed by atoms with Gasteiger partial charge in [0.1, 0.15) is 6.61 Å². The first-order valence-corrected chi connectivity index (χ1v) is 6.63. The SMILES string of the molecule is CCCOc1nc(NC)nc(OCC2CCCO2)n1. The van der Waals surface area contributed by atoms with Gasteiger partial charge in [0.15, 0.2) is 0 Å². The highest BCUT2D eigenvalue weighted by Gasteiger charge is 2.17. The number of hydrogen-bond donors (Lipinski definition) is 1. The number of nitrogens with one attached hydrogen (secondary N) is 1. The van der Waals surface area contributed by atoms with Crippen LogP contribution in [0.2, 0.25) is 0 Å². The van der Waals surface area contributed by atoms with E-state index in [1.807, 2.05) is 6.92 Å². The first kappa shape index (κ1) is 13.8. The molecular weight excluding hydrogens is 248 g/mol. The molecule has 19 heavy (non-hydrogen) atoms. The van der Waals surface area contributed by atoms with E-state index in [-0.39, 0.29) is 18.1 Å². The van der Waals surface area contributed by atoms with E-state index in [0.717, 1.165) is 25.9 Å². The van der Waals surface area contributed by atoms with Crippen LogP contribution < -0.4 is 14.8 Å². The monoisotopic (exact) mass is 268 g/mol. The highest BCUT2D eigenvalue weighted by Crippen LogP contribution is 2.16. The van der Waals surface area contributed by atoms with E-state index in [1.165, 1.54) is 0 Å². The van der Waals surface area contributed by atoms with E-state index in [2.05, 4.69) is 20.3 Å². The van der Waals surface area contributed by atoms with Crippen molar-refractivity contribution in [2.75, 3.05) is 32.2 Å². The summed E-state index contributed by atoms with van der Waals surface area (Å²) < 4.78 is 16.4. The molecule has 0 radical (unpaired) electrons. The van der Waals surface area contributed by atoms with Crippen molar-refractivity contribution in [2.24, 2.45) is 0 Å². The van der Waals surface area contributed by atoms with Crippen LogP contribution in [-0.4, -0.2) is 47.9 Å². The number of anilines is 1. The predicted octanol–water partition coefficient (Wildman–Crippen LogP) is 1.26. The van der Waals surface area contributed by atoms with Gasteiger partial charge in [0.2, 0.25) is 5.95 Å². The van der Waals surface area contributed by atoms with E-state index < -0.39 is 0 Å². The van der Waals surface area contributed by atoms with Gasteiger partial charge in [-0.1, -0.05) is 6.92 Å². The Morgan fingerprint density at radius 3 is 2.68 bits per heavy atom. The van der Waals surface area contributed by atoms with Crippen LogP contribution in [0, 0.1) is 0 Å². The predicted molar refractivity (Wildman–Crippen MR) is 69.6 cm³/mol. The Bertz CT molecular complexity index is 397. The van der Waals surface area contributed by atoms with Crippen molar-refractivity contribution in [2.45, 2.75) is 32.3 Å². The molecule has 0 aromatic carbocycles. The van der Waals surface area contributed by atoms with Gasteiger partial charge in [-0.2, -0.15) is 9.97 Å². The van der Waals surface area contributed by atoms with E-state index in [9.17, 15) is 0 Å². The molecule has 1 N–H and O–H groups in total. The lowest BCUT2D eigenvalue weighted by Gasteiger charge is -2.11. The minimum absolute atomic E-state index is 0.134. The van der Waals surface area contributed by atoms with Crippen molar-refractivity contribution in [1.29, 1.82) is 0 Å². The van der Waals surface area contributed by atoms with Gasteiger partial charge in [0, 0.05) is 13.7 Å². The second-order valence-electron chi connectivity index (χ2n) is 4.27. The Kier molecular flexibility index (Phi) is 5.14. The molecule has 0 amide bonds. The minimum Gasteiger partial charge on any atom is -0.463 e. The van der Waals surface area contributed by atoms with Gasteiger partial charge in [-0.25, -0.2) is 0 Å². The van der Waals surface area contributed by atoms with Crippen molar-refractivity contribution in [3.63, 3.8) is 0 Å². The maximum atomic E-state index is 5.55. The first-order valence-electron chi connectivity index (χ1n) is 6.63. The second-order valence-corrected chi connectivity index (χ2v) is 4.27. The van der Waals surface area contributed by atoms with Crippen molar-refractivity contribution in [3.8, 4) is 12.0 Å². The summed E-state index contributed by atoms with van der Waals surface area (Å²) in [7, 11) is 1.74. The zero-order chi connectivity index (χ0) is 13.5. The molecule has 1 aromatic heterocycles. The van der Waals surface area contributed by atoms with Gasteiger partial charge in [-0.15, -0.1) is 4.98 Å². The molecule has 0 aliphatic carbocycles. The number of rotatable bonds is 7. The minimum atomic E-state index is 0.134. The Labute approximate surface area is 112 Å². The van der Waals surface area contributed by atoms with Gasteiger partial charge in [0.25, 0.3) is 0 Å². The summed E-state index contributed by atoms with van der Waals surface area (Å²) >= 11 is 0. The van der Waals surface area contributed by atoms with Crippen molar-refractivity contribution in [3.05, 3.63) is 0 Å². The Morgan fingerprint density at radius 2 is 2.05 bits per heavy atom. The van der Waals surface area contributed by atoms with E-state index in [0.29, 0.717) is 19.2 Å². The summed E-state index contributed by atoms with van der Waals surface area (Å²) in [5.74, 6) is 0.434. The molecular formula is C12H20N4O3. The summed E-state index contributed by atoms with van der Waals surface area (Å²) in [6.07, 6.45) is 3.13. The lowest BCUT2D eigenvalue weighted by atomic mass is 10.2. The molecule has 7 nitrogen and oxygen atoms in total. The molecule has 2 heterocycles. The molecule has 1 fully saturated rings. The van der Waals surface area contributed by atoms with Gasteiger partial charge in [-0.05, 0) is 19.3 Å². The van der Waals surface area contributed by atoms with Crippen LogP contribution in [0.5, 0.6) is 12.0 Å². The molecule has 1 unspecified atom stereocenters. The third-order valence-corrected chi connectivity index (χ3v) is 2.68. The van der Waals surface area contributed by atoms with Crippen molar-refractivity contribution >= 4 is 5.95 Å². The third-order valence-electron chi connectivity index (χ3n) is 2.68. The summed E-state index contributed by atoms with van der Waals surface area (Å²) in [4.78, 5) is 12.3. The van der Waals surface area contributed by atoms with Gasteiger partial charge in [0.05, 0.1) is 12.7 Å². The molecule has 1 atom stereocenters. The average Bonchev–Trinajstić information content (AvgIpc) is 2.96. The molecule has 0 bridgehead atoms. The Morgan fingerprint density at radius 1 is 1.26 bits per heavy atom. The van der Waals surface area contributed by atoms with E-state index in [4.69, 9.17) is 14.2 Å². The summed E-state index contributed by atoms with van der Waals surface area (Å²) in [5.41, 5.74) is 0. The smallest absolute Gasteiger partial charge is 0.324 e. The van der Waals surface area contributed by atoms with E-state index in [1.54, 1.807) is 7.05 Å². The Hall–Kier alpha value is -1.63. The summed E-state index contributed by atoms with van der Waals surface area (Å²) in [6.45, 7) is 3.85. The normalized spacial score (nSPS) is 18.3.